The summed E-state index contributed by atoms with van der Waals surface area (Å²) < 4.78 is 2.32. The highest BCUT2D eigenvalue weighted by molar-refractivity contribution is 5.78. The molecule has 3 rings (SSSR count). The number of nitrogens with zero attached hydrogens (tertiary/aromatic N) is 2. The van der Waals surface area contributed by atoms with E-state index >= 15 is 0 Å². The lowest BCUT2D eigenvalue weighted by Gasteiger charge is -2.29. The van der Waals surface area contributed by atoms with Crippen LogP contribution in [0, 0.1) is 5.92 Å². The van der Waals surface area contributed by atoms with Crippen molar-refractivity contribution in [1.29, 1.82) is 0 Å². The molecule has 1 saturated carbocycles. The van der Waals surface area contributed by atoms with Crippen molar-refractivity contribution in [2.24, 2.45) is 5.92 Å². The monoisotopic (exact) mass is 218 g/mol. The molecule has 16 heavy (non-hydrogen) atoms. The summed E-state index contributed by atoms with van der Waals surface area (Å²) in [5.41, 5.74) is 1.33. The molecule has 86 valence electrons. The van der Waals surface area contributed by atoms with Crippen molar-refractivity contribution in [3.8, 4) is 0 Å². The van der Waals surface area contributed by atoms with E-state index in [1.807, 2.05) is 6.20 Å². The number of rotatable bonds is 2. The second kappa shape index (κ2) is 3.72. The van der Waals surface area contributed by atoms with E-state index in [0.717, 1.165) is 19.4 Å². The highest BCUT2D eigenvalue weighted by Crippen LogP contribution is 2.37. The van der Waals surface area contributed by atoms with Gasteiger partial charge in [-0.05, 0) is 32.6 Å². The zero-order valence-electron chi connectivity index (χ0n) is 9.78. The minimum absolute atomic E-state index is 0.223. The number of aryl methyl sites for hydroxylation is 1. The molecule has 2 heterocycles. The first-order chi connectivity index (χ1) is 7.75. The Labute approximate surface area is 95.9 Å². The molecule has 1 aliphatic carbocycles. The average molecular weight is 218 g/mol. The molecule has 0 saturated heterocycles. The van der Waals surface area contributed by atoms with Gasteiger partial charge in [0.25, 0.3) is 0 Å². The quantitative estimate of drug-likeness (QED) is 0.763. The summed E-state index contributed by atoms with van der Waals surface area (Å²) in [6.45, 7) is 2.59. The predicted molar refractivity (Wildman–Crippen MR) is 61.3 cm³/mol. The van der Waals surface area contributed by atoms with E-state index in [1.165, 1.54) is 30.8 Å². The van der Waals surface area contributed by atoms with Gasteiger partial charge < -0.3 is 4.57 Å². The molecule has 1 unspecified atom stereocenters. The van der Waals surface area contributed by atoms with Crippen molar-refractivity contribution < 1.29 is 4.79 Å². The molecule has 0 radical (unpaired) electrons. The second-order valence-corrected chi connectivity index (χ2v) is 5.19. The van der Waals surface area contributed by atoms with Crippen LogP contribution in [-0.4, -0.2) is 15.3 Å². The summed E-state index contributed by atoms with van der Waals surface area (Å²) in [4.78, 5) is 16.0. The number of fused-ring (bicyclic) bond motifs is 1. The van der Waals surface area contributed by atoms with Crippen molar-refractivity contribution in [2.45, 2.75) is 51.5 Å². The fourth-order valence-corrected chi connectivity index (χ4v) is 2.80. The van der Waals surface area contributed by atoms with Crippen molar-refractivity contribution >= 4 is 5.78 Å². The van der Waals surface area contributed by atoms with Crippen LogP contribution in [0.1, 0.15) is 50.0 Å². The molecule has 0 aromatic carbocycles. The first-order valence-corrected chi connectivity index (χ1v) is 6.30. The average Bonchev–Trinajstić information content (AvgIpc) is 2.59. The Morgan fingerprint density at radius 2 is 2.25 bits per heavy atom. The Bertz CT molecular complexity index is 418. The van der Waals surface area contributed by atoms with E-state index in [1.54, 1.807) is 6.92 Å². The van der Waals surface area contributed by atoms with Gasteiger partial charge in [-0.1, -0.05) is 6.42 Å². The number of ketones is 1. The lowest BCUT2D eigenvalue weighted by molar-refractivity contribution is -0.121. The summed E-state index contributed by atoms with van der Waals surface area (Å²) in [6, 6.07) is 0. The van der Waals surface area contributed by atoms with Crippen molar-refractivity contribution in [3.63, 3.8) is 0 Å². The molecule has 2 aliphatic rings. The number of imidazole rings is 1. The number of hydrogen-bond donors (Lipinski definition) is 0. The van der Waals surface area contributed by atoms with Gasteiger partial charge in [-0.2, -0.15) is 0 Å². The van der Waals surface area contributed by atoms with Crippen LogP contribution in [0.5, 0.6) is 0 Å². The zero-order chi connectivity index (χ0) is 11.1. The minimum atomic E-state index is 0.223. The number of carbonyl (C=O) groups is 1. The van der Waals surface area contributed by atoms with Crippen LogP contribution in [-0.2, 0) is 17.8 Å². The Kier molecular flexibility index (Phi) is 2.34. The van der Waals surface area contributed by atoms with E-state index in [-0.39, 0.29) is 5.92 Å². The van der Waals surface area contributed by atoms with E-state index in [2.05, 4.69) is 9.55 Å². The third-order valence-electron chi connectivity index (χ3n) is 4.17. The van der Waals surface area contributed by atoms with Gasteiger partial charge in [-0.15, -0.1) is 0 Å². The number of hydrogen-bond acceptors (Lipinski definition) is 2. The Morgan fingerprint density at radius 3 is 2.88 bits per heavy atom. The zero-order valence-corrected chi connectivity index (χ0v) is 9.78. The van der Waals surface area contributed by atoms with Gasteiger partial charge in [-0.3, -0.25) is 4.79 Å². The Hall–Kier alpha value is -1.12. The van der Waals surface area contributed by atoms with Crippen LogP contribution in [0.4, 0.5) is 0 Å². The van der Waals surface area contributed by atoms with Gasteiger partial charge in [-0.25, -0.2) is 4.98 Å². The van der Waals surface area contributed by atoms with E-state index < -0.39 is 0 Å². The summed E-state index contributed by atoms with van der Waals surface area (Å²) in [6.07, 6.45) is 7.94. The summed E-state index contributed by atoms with van der Waals surface area (Å²) in [5.74, 6) is 2.46. The Morgan fingerprint density at radius 1 is 1.44 bits per heavy atom. The molecule has 0 amide bonds. The molecule has 3 nitrogen and oxygen atoms in total. The largest absolute Gasteiger partial charge is 0.331 e. The van der Waals surface area contributed by atoms with E-state index in [0.29, 0.717) is 11.7 Å². The minimum Gasteiger partial charge on any atom is -0.331 e. The van der Waals surface area contributed by atoms with Gasteiger partial charge in [0.1, 0.15) is 11.6 Å². The van der Waals surface area contributed by atoms with Crippen LogP contribution in [0.15, 0.2) is 6.20 Å². The van der Waals surface area contributed by atoms with Crippen LogP contribution < -0.4 is 0 Å². The molecule has 1 fully saturated rings. The van der Waals surface area contributed by atoms with Crippen LogP contribution in [0.2, 0.25) is 0 Å². The fourth-order valence-electron chi connectivity index (χ4n) is 2.80. The summed E-state index contributed by atoms with van der Waals surface area (Å²) >= 11 is 0. The van der Waals surface area contributed by atoms with Crippen molar-refractivity contribution in [2.75, 3.05) is 0 Å². The van der Waals surface area contributed by atoms with E-state index in [4.69, 9.17) is 0 Å². The van der Waals surface area contributed by atoms with Crippen molar-refractivity contribution in [1.82, 2.24) is 9.55 Å². The summed E-state index contributed by atoms with van der Waals surface area (Å²) in [7, 11) is 0. The van der Waals surface area contributed by atoms with Crippen molar-refractivity contribution in [3.05, 3.63) is 17.7 Å². The second-order valence-electron chi connectivity index (χ2n) is 5.19. The lowest BCUT2D eigenvalue weighted by Crippen LogP contribution is -2.27. The molecule has 0 bridgehead atoms. The highest BCUT2D eigenvalue weighted by atomic mass is 16.1. The predicted octanol–water partition coefficient (Wildman–Crippen LogP) is 2.30. The van der Waals surface area contributed by atoms with Gasteiger partial charge in [0.15, 0.2) is 0 Å². The number of aromatic nitrogens is 2. The molecule has 0 N–H and O–H groups in total. The normalized spacial score (nSPS) is 24.9. The third-order valence-corrected chi connectivity index (χ3v) is 4.17. The molecule has 1 atom stereocenters. The molecule has 3 heteroatoms. The Balaban J connectivity index is 1.88. The molecule has 1 aromatic rings. The highest BCUT2D eigenvalue weighted by Gasteiger charge is 2.29. The standard InChI is InChI=1S/C13H18N2O/c1-9(16)11-5-6-12-7-14-13(15(12)8-11)10-3-2-4-10/h7,10-11H,2-6,8H2,1H3. The summed E-state index contributed by atoms with van der Waals surface area (Å²) in [5, 5.41) is 0. The first kappa shape index (κ1) is 10.1. The lowest BCUT2D eigenvalue weighted by atomic mass is 9.84. The molecular weight excluding hydrogens is 200 g/mol. The number of carbonyl (C=O) groups excluding carboxylic acids is 1. The van der Waals surface area contributed by atoms with Crippen LogP contribution in [0.3, 0.4) is 0 Å². The molecule has 1 aliphatic heterocycles. The topological polar surface area (TPSA) is 34.9 Å². The van der Waals surface area contributed by atoms with Gasteiger partial charge >= 0.3 is 0 Å². The molecular formula is C13H18N2O. The number of Topliss-reactive ketones (excluding diaryl/α,β-unsaturated/α-hetero) is 1. The van der Waals surface area contributed by atoms with Gasteiger partial charge in [0.05, 0.1) is 0 Å². The van der Waals surface area contributed by atoms with E-state index in [9.17, 15) is 4.79 Å². The smallest absolute Gasteiger partial charge is 0.134 e. The maximum absolute atomic E-state index is 11.5. The molecule has 1 aromatic heterocycles. The fraction of sp³-hybridized carbons (Fsp3) is 0.692. The third kappa shape index (κ3) is 1.49. The first-order valence-electron chi connectivity index (χ1n) is 6.30. The van der Waals surface area contributed by atoms with Crippen LogP contribution >= 0.6 is 0 Å². The van der Waals surface area contributed by atoms with Gasteiger partial charge in [0, 0.05) is 30.3 Å². The maximum atomic E-state index is 11.5. The SMILES string of the molecule is CC(=O)C1CCc2cnc(C3CCC3)n2C1. The van der Waals surface area contributed by atoms with Gasteiger partial charge in [0.2, 0.25) is 0 Å². The van der Waals surface area contributed by atoms with Crippen LogP contribution in [0.25, 0.3) is 0 Å². The molecule has 0 spiro atoms. The maximum Gasteiger partial charge on any atom is 0.134 e.